The van der Waals surface area contributed by atoms with Gasteiger partial charge in [-0.25, -0.2) is 0 Å². The van der Waals surface area contributed by atoms with E-state index in [1.807, 2.05) is 6.07 Å². The number of hydrogen-bond acceptors (Lipinski definition) is 3. The van der Waals surface area contributed by atoms with Crippen molar-refractivity contribution in [2.45, 2.75) is 51.1 Å². The molecular weight excluding hydrogens is 246 g/mol. The molecule has 0 spiro atoms. The number of hydrogen-bond donors (Lipinski definition) is 1. The van der Waals surface area contributed by atoms with Crippen LogP contribution in [0.5, 0.6) is 0 Å². The first-order chi connectivity index (χ1) is 9.79. The van der Waals surface area contributed by atoms with Crippen molar-refractivity contribution >= 4 is 5.69 Å². The second-order valence-corrected chi connectivity index (χ2v) is 6.09. The van der Waals surface area contributed by atoms with Gasteiger partial charge in [-0.1, -0.05) is 6.07 Å². The molecule has 0 aliphatic carbocycles. The monoisotopic (exact) mass is 269 g/mol. The molecule has 106 valence electrons. The molecule has 2 fully saturated rings. The molecule has 2 atom stereocenters. The van der Waals surface area contributed by atoms with E-state index >= 15 is 0 Å². The minimum atomic E-state index is 0.557. The Balaban J connectivity index is 1.91. The van der Waals surface area contributed by atoms with Crippen LogP contribution in [0.3, 0.4) is 0 Å². The first-order valence-corrected chi connectivity index (χ1v) is 7.80. The summed E-state index contributed by atoms with van der Waals surface area (Å²) in [5.41, 5.74) is 3.13. The molecule has 0 bridgehead atoms. The Kier molecular flexibility index (Phi) is 3.93. The van der Waals surface area contributed by atoms with Crippen molar-refractivity contribution < 1.29 is 0 Å². The summed E-state index contributed by atoms with van der Waals surface area (Å²) in [6.45, 7) is 4.28. The number of nitriles is 1. The fraction of sp³-hybridized carbons (Fsp3) is 0.588. The summed E-state index contributed by atoms with van der Waals surface area (Å²) in [6, 6.07) is 9.83. The van der Waals surface area contributed by atoms with E-state index in [-0.39, 0.29) is 0 Å². The van der Waals surface area contributed by atoms with Gasteiger partial charge in [-0.15, -0.1) is 0 Å². The molecule has 2 aliphatic heterocycles. The Morgan fingerprint density at radius 1 is 1.25 bits per heavy atom. The van der Waals surface area contributed by atoms with Gasteiger partial charge in [0.2, 0.25) is 0 Å². The Labute approximate surface area is 121 Å². The Morgan fingerprint density at radius 3 is 2.90 bits per heavy atom. The van der Waals surface area contributed by atoms with Crippen LogP contribution in [0.25, 0.3) is 0 Å². The number of nitrogens with one attached hydrogen (secondary N) is 1. The second-order valence-electron chi connectivity index (χ2n) is 6.09. The third kappa shape index (κ3) is 2.53. The first kappa shape index (κ1) is 13.5. The first-order valence-electron chi connectivity index (χ1n) is 7.80. The fourth-order valence-corrected chi connectivity index (χ4v) is 3.70. The number of nitrogens with zero attached hydrogens (tertiary/aromatic N) is 2. The van der Waals surface area contributed by atoms with Gasteiger partial charge in [0.15, 0.2) is 0 Å². The highest BCUT2D eigenvalue weighted by atomic mass is 15.2. The average molecular weight is 269 g/mol. The average Bonchev–Trinajstić information content (AvgIpc) is 3.01. The molecule has 1 N–H and O–H groups in total. The smallest absolute Gasteiger partial charge is 0.101 e. The molecule has 1 aromatic carbocycles. The van der Waals surface area contributed by atoms with Crippen molar-refractivity contribution in [3.05, 3.63) is 29.3 Å². The molecule has 2 aliphatic rings. The molecule has 3 rings (SSSR count). The van der Waals surface area contributed by atoms with Crippen LogP contribution in [0.2, 0.25) is 0 Å². The summed E-state index contributed by atoms with van der Waals surface area (Å²) in [4.78, 5) is 2.49. The lowest BCUT2D eigenvalue weighted by Gasteiger charge is -2.41. The number of rotatable bonds is 2. The van der Waals surface area contributed by atoms with E-state index in [4.69, 9.17) is 0 Å². The van der Waals surface area contributed by atoms with E-state index in [1.54, 1.807) is 0 Å². The van der Waals surface area contributed by atoms with Gasteiger partial charge in [0.25, 0.3) is 0 Å². The van der Waals surface area contributed by atoms with Crippen LogP contribution >= 0.6 is 0 Å². The van der Waals surface area contributed by atoms with Crippen molar-refractivity contribution in [3.8, 4) is 6.07 Å². The van der Waals surface area contributed by atoms with Crippen LogP contribution in [-0.4, -0.2) is 25.2 Å². The van der Waals surface area contributed by atoms with Crippen molar-refractivity contribution in [1.29, 1.82) is 5.26 Å². The summed E-state index contributed by atoms with van der Waals surface area (Å²) >= 11 is 0. The SMILES string of the molecule is Cc1ccc(N2CCCCC2C2CCCN2)c(C#N)c1. The van der Waals surface area contributed by atoms with E-state index in [2.05, 4.69) is 35.3 Å². The van der Waals surface area contributed by atoms with Gasteiger partial charge in [0, 0.05) is 18.6 Å². The molecule has 3 nitrogen and oxygen atoms in total. The lowest BCUT2D eigenvalue weighted by Crippen LogP contribution is -2.50. The Hall–Kier alpha value is -1.53. The largest absolute Gasteiger partial charge is 0.366 e. The molecule has 0 amide bonds. The molecule has 2 unspecified atom stereocenters. The molecular formula is C17H23N3. The summed E-state index contributed by atoms with van der Waals surface area (Å²) in [5.74, 6) is 0. The fourth-order valence-electron chi connectivity index (χ4n) is 3.70. The topological polar surface area (TPSA) is 39.1 Å². The number of anilines is 1. The lowest BCUT2D eigenvalue weighted by molar-refractivity contribution is 0.378. The van der Waals surface area contributed by atoms with E-state index < -0.39 is 0 Å². The van der Waals surface area contributed by atoms with Gasteiger partial charge in [0.1, 0.15) is 6.07 Å². The van der Waals surface area contributed by atoms with Crippen molar-refractivity contribution in [2.24, 2.45) is 0 Å². The predicted molar refractivity (Wildman–Crippen MR) is 81.9 cm³/mol. The lowest BCUT2D eigenvalue weighted by atomic mass is 9.93. The van der Waals surface area contributed by atoms with Crippen molar-refractivity contribution in [1.82, 2.24) is 5.32 Å². The van der Waals surface area contributed by atoms with Gasteiger partial charge in [-0.05, 0) is 63.3 Å². The maximum absolute atomic E-state index is 9.43. The van der Waals surface area contributed by atoms with E-state index in [0.717, 1.165) is 29.9 Å². The number of aryl methyl sites for hydroxylation is 1. The molecule has 0 aromatic heterocycles. The van der Waals surface area contributed by atoms with Gasteiger partial charge >= 0.3 is 0 Å². The van der Waals surface area contributed by atoms with Gasteiger partial charge in [-0.2, -0.15) is 5.26 Å². The number of piperidine rings is 1. The van der Waals surface area contributed by atoms with E-state index in [9.17, 15) is 5.26 Å². The van der Waals surface area contributed by atoms with Crippen molar-refractivity contribution in [2.75, 3.05) is 18.0 Å². The molecule has 3 heteroatoms. The highest BCUT2D eigenvalue weighted by molar-refractivity contribution is 5.61. The Morgan fingerprint density at radius 2 is 2.15 bits per heavy atom. The van der Waals surface area contributed by atoms with Crippen LogP contribution in [0.4, 0.5) is 5.69 Å². The summed E-state index contributed by atoms with van der Waals surface area (Å²) in [6.07, 6.45) is 6.36. The quantitative estimate of drug-likeness (QED) is 0.897. The Bertz CT molecular complexity index is 511. The minimum Gasteiger partial charge on any atom is -0.366 e. The standard InChI is InChI=1S/C17H23N3/c1-13-7-8-16(14(11-13)12-18)20-10-3-2-6-17(20)15-5-4-9-19-15/h7-8,11,15,17,19H,2-6,9-10H2,1H3. The van der Waals surface area contributed by atoms with E-state index in [0.29, 0.717) is 12.1 Å². The van der Waals surface area contributed by atoms with E-state index in [1.165, 1.54) is 32.1 Å². The zero-order valence-electron chi connectivity index (χ0n) is 12.2. The summed E-state index contributed by atoms with van der Waals surface area (Å²) in [7, 11) is 0. The van der Waals surface area contributed by atoms with Gasteiger partial charge in [0.05, 0.1) is 11.3 Å². The van der Waals surface area contributed by atoms with Crippen LogP contribution in [0.1, 0.15) is 43.2 Å². The molecule has 20 heavy (non-hydrogen) atoms. The summed E-state index contributed by atoms with van der Waals surface area (Å²) in [5, 5.41) is 13.1. The number of benzene rings is 1. The predicted octanol–water partition coefficient (Wildman–Crippen LogP) is 2.98. The highest BCUT2D eigenvalue weighted by Gasteiger charge is 2.32. The molecule has 2 saturated heterocycles. The molecule has 0 radical (unpaired) electrons. The van der Waals surface area contributed by atoms with Crippen LogP contribution in [-0.2, 0) is 0 Å². The minimum absolute atomic E-state index is 0.557. The van der Waals surface area contributed by atoms with Crippen LogP contribution in [0.15, 0.2) is 18.2 Å². The third-order valence-corrected chi connectivity index (χ3v) is 4.69. The second kappa shape index (κ2) is 5.85. The van der Waals surface area contributed by atoms with Crippen LogP contribution < -0.4 is 10.2 Å². The third-order valence-electron chi connectivity index (χ3n) is 4.69. The molecule has 0 saturated carbocycles. The summed E-state index contributed by atoms with van der Waals surface area (Å²) < 4.78 is 0. The maximum atomic E-state index is 9.43. The molecule has 2 heterocycles. The van der Waals surface area contributed by atoms with Gasteiger partial charge < -0.3 is 10.2 Å². The molecule has 1 aromatic rings. The van der Waals surface area contributed by atoms with Gasteiger partial charge in [-0.3, -0.25) is 0 Å². The zero-order chi connectivity index (χ0) is 13.9. The van der Waals surface area contributed by atoms with Crippen LogP contribution in [0, 0.1) is 18.3 Å². The zero-order valence-corrected chi connectivity index (χ0v) is 12.2. The van der Waals surface area contributed by atoms with Crippen molar-refractivity contribution in [3.63, 3.8) is 0 Å². The highest BCUT2D eigenvalue weighted by Crippen LogP contribution is 2.31. The normalized spacial score (nSPS) is 26.5. The maximum Gasteiger partial charge on any atom is 0.101 e.